The van der Waals surface area contributed by atoms with Crippen LogP contribution >= 0.6 is 11.6 Å². The molecule has 0 saturated carbocycles. The third-order valence-electron chi connectivity index (χ3n) is 3.94. The van der Waals surface area contributed by atoms with E-state index in [1.807, 2.05) is 36.4 Å². The maximum atomic E-state index is 12.4. The number of methoxy groups -OCH3 is 1. The van der Waals surface area contributed by atoms with Crippen molar-refractivity contribution >= 4 is 17.5 Å². The van der Waals surface area contributed by atoms with Gasteiger partial charge in [0.15, 0.2) is 5.82 Å². The minimum atomic E-state index is -0.210. The second-order valence-corrected chi connectivity index (χ2v) is 6.17. The molecule has 1 heterocycles. The summed E-state index contributed by atoms with van der Waals surface area (Å²) in [4.78, 5) is 21.2. The minimum absolute atomic E-state index is 0.210. The molecular formula is C20H18ClN3O2. The first-order valence-corrected chi connectivity index (χ1v) is 8.45. The van der Waals surface area contributed by atoms with Crippen molar-refractivity contribution in [3.63, 3.8) is 0 Å². The molecule has 0 aliphatic rings. The Labute approximate surface area is 157 Å². The van der Waals surface area contributed by atoms with Crippen molar-refractivity contribution in [2.75, 3.05) is 7.11 Å². The topological polar surface area (TPSA) is 64.1 Å². The summed E-state index contributed by atoms with van der Waals surface area (Å²) in [5, 5.41) is 3.54. The van der Waals surface area contributed by atoms with Crippen molar-refractivity contribution in [1.82, 2.24) is 15.3 Å². The summed E-state index contributed by atoms with van der Waals surface area (Å²) in [6.07, 6.45) is 1.55. The Balaban J connectivity index is 1.71. The summed E-state index contributed by atoms with van der Waals surface area (Å²) in [5.74, 6) is 1.13. The Hall–Kier alpha value is -2.92. The highest BCUT2D eigenvalue weighted by Crippen LogP contribution is 2.20. The predicted octanol–water partition coefficient (Wildman–Crippen LogP) is 4.04. The van der Waals surface area contributed by atoms with E-state index in [2.05, 4.69) is 15.3 Å². The largest absolute Gasteiger partial charge is 0.497 e. The molecule has 2 aromatic carbocycles. The quantitative estimate of drug-likeness (QED) is 0.739. The van der Waals surface area contributed by atoms with Crippen LogP contribution < -0.4 is 10.1 Å². The number of aryl methyl sites for hydroxylation is 1. The van der Waals surface area contributed by atoms with Gasteiger partial charge in [-0.05, 0) is 48.9 Å². The minimum Gasteiger partial charge on any atom is -0.497 e. The normalized spacial score (nSPS) is 10.4. The standard InChI is InChI=1S/C20H18ClN3O2/c1-13-18(20(25)23-11-14-3-7-16(21)8-4-14)12-22-19(24-13)15-5-9-17(26-2)10-6-15/h3-10,12H,11H2,1-2H3,(H,23,25). The third-order valence-corrected chi connectivity index (χ3v) is 4.19. The molecule has 3 aromatic rings. The van der Waals surface area contributed by atoms with Crippen molar-refractivity contribution in [3.05, 3.63) is 76.6 Å². The molecule has 0 aliphatic heterocycles. The molecule has 3 rings (SSSR count). The molecule has 0 radical (unpaired) electrons. The van der Waals surface area contributed by atoms with E-state index in [-0.39, 0.29) is 5.91 Å². The molecule has 1 aromatic heterocycles. The van der Waals surface area contributed by atoms with Crippen LogP contribution in [0.4, 0.5) is 0 Å². The average Bonchev–Trinajstić information content (AvgIpc) is 2.67. The number of hydrogen-bond acceptors (Lipinski definition) is 4. The first-order valence-electron chi connectivity index (χ1n) is 8.07. The molecule has 0 aliphatic carbocycles. The molecule has 0 spiro atoms. The monoisotopic (exact) mass is 367 g/mol. The van der Waals surface area contributed by atoms with Crippen molar-refractivity contribution < 1.29 is 9.53 Å². The lowest BCUT2D eigenvalue weighted by atomic mass is 10.1. The first kappa shape index (κ1) is 17.9. The van der Waals surface area contributed by atoms with Gasteiger partial charge in [-0.15, -0.1) is 0 Å². The lowest BCUT2D eigenvalue weighted by molar-refractivity contribution is 0.0949. The summed E-state index contributed by atoms with van der Waals surface area (Å²) in [6.45, 7) is 2.21. The van der Waals surface area contributed by atoms with E-state index >= 15 is 0 Å². The Morgan fingerprint density at radius 2 is 1.81 bits per heavy atom. The number of hydrogen-bond donors (Lipinski definition) is 1. The second kappa shape index (κ2) is 7.97. The van der Waals surface area contributed by atoms with E-state index in [0.29, 0.717) is 28.6 Å². The van der Waals surface area contributed by atoms with Crippen LogP contribution in [0.15, 0.2) is 54.7 Å². The number of aromatic nitrogens is 2. The molecule has 6 heteroatoms. The van der Waals surface area contributed by atoms with Gasteiger partial charge in [-0.3, -0.25) is 4.79 Å². The van der Waals surface area contributed by atoms with E-state index in [0.717, 1.165) is 16.9 Å². The number of halogens is 1. The summed E-state index contributed by atoms with van der Waals surface area (Å²) in [5.41, 5.74) is 2.91. The molecule has 1 N–H and O–H groups in total. The first-order chi connectivity index (χ1) is 12.6. The molecule has 5 nitrogen and oxygen atoms in total. The van der Waals surface area contributed by atoms with E-state index in [1.54, 1.807) is 32.4 Å². The van der Waals surface area contributed by atoms with Crippen LogP contribution in [0.3, 0.4) is 0 Å². The van der Waals surface area contributed by atoms with Crippen LogP contribution in [-0.2, 0) is 6.54 Å². The number of benzene rings is 2. The van der Waals surface area contributed by atoms with Gasteiger partial charge < -0.3 is 10.1 Å². The molecule has 0 fully saturated rings. The fraction of sp³-hybridized carbons (Fsp3) is 0.150. The Morgan fingerprint density at radius 1 is 1.12 bits per heavy atom. The highest BCUT2D eigenvalue weighted by atomic mass is 35.5. The SMILES string of the molecule is COc1ccc(-c2ncc(C(=O)NCc3ccc(Cl)cc3)c(C)n2)cc1. The number of carbonyl (C=O) groups excluding carboxylic acids is 1. The van der Waals surface area contributed by atoms with E-state index < -0.39 is 0 Å². The maximum Gasteiger partial charge on any atom is 0.254 e. The highest BCUT2D eigenvalue weighted by Gasteiger charge is 2.12. The van der Waals surface area contributed by atoms with Crippen molar-refractivity contribution in [1.29, 1.82) is 0 Å². The van der Waals surface area contributed by atoms with Gasteiger partial charge in [0.1, 0.15) is 5.75 Å². The van der Waals surface area contributed by atoms with Gasteiger partial charge >= 0.3 is 0 Å². The molecule has 132 valence electrons. The summed E-state index contributed by atoms with van der Waals surface area (Å²) in [7, 11) is 1.62. The number of nitrogens with one attached hydrogen (secondary N) is 1. The van der Waals surface area contributed by atoms with Gasteiger partial charge in [0, 0.05) is 23.3 Å². The molecule has 0 atom stereocenters. The molecule has 0 bridgehead atoms. The van der Waals surface area contributed by atoms with Gasteiger partial charge in [0.25, 0.3) is 5.91 Å². The van der Waals surface area contributed by atoms with Crippen LogP contribution in [0.1, 0.15) is 21.6 Å². The van der Waals surface area contributed by atoms with Crippen LogP contribution in [0, 0.1) is 6.92 Å². The summed E-state index contributed by atoms with van der Waals surface area (Å²) < 4.78 is 5.15. The smallest absolute Gasteiger partial charge is 0.254 e. The van der Waals surface area contributed by atoms with Crippen LogP contribution in [0.2, 0.25) is 5.02 Å². The highest BCUT2D eigenvalue weighted by molar-refractivity contribution is 6.30. The van der Waals surface area contributed by atoms with Gasteiger partial charge in [-0.2, -0.15) is 0 Å². The lowest BCUT2D eigenvalue weighted by Gasteiger charge is -2.09. The van der Waals surface area contributed by atoms with Gasteiger partial charge in [-0.1, -0.05) is 23.7 Å². The number of carbonyl (C=O) groups is 1. The van der Waals surface area contributed by atoms with E-state index in [1.165, 1.54) is 0 Å². The second-order valence-electron chi connectivity index (χ2n) is 5.73. The van der Waals surface area contributed by atoms with Crippen molar-refractivity contribution in [2.24, 2.45) is 0 Å². The van der Waals surface area contributed by atoms with Crippen molar-refractivity contribution in [3.8, 4) is 17.1 Å². The van der Waals surface area contributed by atoms with Gasteiger partial charge in [-0.25, -0.2) is 9.97 Å². The number of ether oxygens (including phenoxy) is 1. The summed E-state index contributed by atoms with van der Waals surface area (Å²) in [6, 6.07) is 14.8. The molecular weight excluding hydrogens is 350 g/mol. The zero-order valence-corrected chi connectivity index (χ0v) is 15.2. The van der Waals surface area contributed by atoms with Crippen LogP contribution in [0.25, 0.3) is 11.4 Å². The predicted molar refractivity (Wildman–Crippen MR) is 101 cm³/mol. The summed E-state index contributed by atoms with van der Waals surface area (Å²) >= 11 is 5.86. The van der Waals surface area contributed by atoms with E-state index in [9.17, 15) is 4.79 Å². The van der Waals surface area contributed by atoms with Gasteiger partial charge in [0.05, 0.1) is 18.4 Å². The molecule has 0 unspecified atom stereocenters. The third kappa shape index (κ3) is 4.18. The van der Waals surface area contributed by atoms with Crippen LogP contribution in [0.5, 0.6) is 5.75 Å². The fourth-order valence-corrected chi connectivity index (χ4v) is 2.57. The van der Waals surface area contributed by atoms with E-state index in [4.69, 9.17) is 16.3 Å². The van der Waals surface area contributed by atoms with Crippen molar-refractivity contribution in [2.45, 2.75) is 13.5 Å². The zero-order chi connectivity index (χ0) is 18.5. The molecule has 1 amide bonds. The zero-order valence-electron chi connectivity index (χ0n) is 14.5. The lowest BCUT2D eigenvalue weighted by Crippen LogP contribution is -2.24. The number of rotatable bonds is 5. The average molecular weight is 368 g/mol. The Morgan fingerprint density at radius 3 is 2.42 bits per heavy atom. The van der Waals surface area contributed by atoms with Gasteiger partial charge in [0.2, 0.25) is 0 Å². The molecule has 0 saturated heterocycles. The fourth-order valence-electron chi connectivity index (χ4n) is 2.45. The Kier molecular flexibility index (Phi) is 5.49. The van der Waals surface area contributed by atoms with Crippen LogP contribution in [-0.4, -0.2) is 23.0 Å². The number of nitrogens with zero attached hydrogens (tertiary/aromatic N) is 2. The number of amides is 1. The Bertz CT molecular complexity index is 909. The molecule has 26 heavy (non-hydrogen) atoms. The maximum absolute atomic E-state index is 12.4.